The largest absolute Gasteiger partial charge is 0.507 e. The smallest absolute Gasteiger partial charge is 0.350 e. The Balaban J connectivity index is 1.93. The van der Waals surface area contributed by atoms with Crippen molar-refractivity contribution in [2.75, 3.05) is 12.0 Å². The molecule has 0 saturated carbocycles. The van der Waals surface area contributed by atoms with Gasteiger partial charge in [-0.1, -0.05) is 23.5 Å². The summed E-state index contributed by atoms with van der Waals surface area (Å²) in [5, 5.41) is 11.0. The van der Waals surface area contributed by atoms with Crippen LogP contribution in [0.1, 0.15) is 32.5 Å². The van der Waals surface area contributed by atoms with Crippen molar-refractivity contribution >= 4 is 39.9 Å². The number of ether oxygens (including phenoxy) is 1. The lowest BCUT2D eigenvalue weighted by atomic mass is 9.95. The number of aromatic nitrogens is 1. The molecule has 0 bridgehead atoms. The van der Waals surface area contributed by atoms with Crippen molar-refractivity contribution < 1.29 is 33.0 Å². The molecule has 1 atom stereocenters. The number of thiazole rings is 1. The molecule has 1 aromatic heterocycles. The Kier molecular flexibility index (Phi) is 5.77. The second-order valence-electron chi connectivity index (χ2n) is 7.13. The fourth-order valence-electron chi connectivity index (χ4n) is 3.52. The van der Waals surface area contributed by atoms with Gasteiger partial charge in [-0.15, -0.1) is 0 Å². The highest BCUT2D eigenvalue weighted by atomic mass is 32.1. The first-order valence-electron chi connectivity index (χ1n) is 9.61. The number of aliphatic hydroxyl groups excluding tert-OH is 1. The van der Waals surface area contributed by atoms with Gasteiger partial charge < -0.3 is 9.84 Å². The summed E-state index contributed by atoms with van der Waals surface area (Å²) in [7, 11) is 1.20. The molecule has 1 aliphatic heterocycles. The third kappa shape index (κ3) is 3.89. The summed E-state index contributed by atoms with van der Waals surface area (Å²) in [6.07, 6.45) is 0. The Morgan fingerprint density at radius 3 is 2.21 bits per heavy atom. The minimum absolute atomic E-state index is 0.0301. The molecule has 2 aromatic carbocycles. The highest BCUT2D eigenvalue weighted by Gasteiger charge is 2.48. The summed E-state index contributed by atoms with van der Waals surface area (Å²) in [4.78, 5) is 43.6. The zero-order valence-corrected chi connectivity index (χ0v) is 18.2. The molecule has 33 heavy (non-hydrogen) atoms. The first kappa shape index (κ1) is 22.3. The molecule has 2 heterocycles. The van der Waals surface area contributed by atoms with Crippen LogP contribution >= 0.6 is 11.3 Å². The molecule has 1 amide bonds. The molecule has 168 valence electrons. The first-order valence-corrected chi connectivity index (χ1v) is 10.4. The fraction of sp³-hybridized carbons (Fsp3) is 0.130. The number of aryl methyl sites for hydroxylation is 1. The molecular weight excluding hydrogens is 454 g/mol. The van der Waals surface area contributed by atoms with E-state index in [-0.39, 0.29) is 21.1 Å². The van der Waals surface area contributed by atoms with Gasteiger partial charge in [0.25, 0.3) is 5.78 Å². The number of esters is 1. The van der Waals surface area contributed by atoms with Crippen LogP contribution in [-0.4, -0.2) is 34.9 Å². The van der Waals surface area contributed by atoms with E-state index in [9.17, 15) is 28.3 Å². The van der Waals surface area contributed by atoms with Crippen molar-refractivity contribution in [2.45, 2.75) is 13.0 Å². The maximum absolute atomic E-state index is 13.6. The highest BCUT2D eigenvalue weighted by Crippen LogP contribution is 2.43. The molecule has 1 aliphatic rings. The number of aliphatic hydroxyl groups is 1. The summed E-state index contributed by atoms with van der Waals surface area (Å²) in [6, 6.07) is 8.63. The van der Waals surface area contributed by atoms with Crippen molar-refractivity contribution in [3.8, 4) is 0 Å². The molecule has 0 aliphatic carbocycles. The van der Waals surface area contributed by atoms with E-state index in [1.807, 2.05) is 0 Å². The first-order chi connectivity index (χ1) is 15.7. The number of carbonyl (C=O) groups is 3. The zero-order chi connectivity index (χ0) is 23.9. The van der Waals surface area contributed by atoms with E-state index < -0.39 is 41.1 Å². The molecule has 1 fully saturated rings. The normalized spacial score (nSPS) is 17.5. The van der Waals surface area contributed by atoms with Crippen molar-refractivity contribution in [3.63, 3.8) is 0 Å². The van der Waals surface area contributed by atoms with Crippen molar-refractivity contribution in [1.29, 1.82) is 0 Å². The summed E-state index contributed by atoms with van der Waals surface area (Å²) in [6.45, 7) is 1.55. The summed E-state index contributed by atoms with van der Waals surface area (Å²) >= 11 is 0.848. The Bertz CT molecular complexity index is 1300. The number of nitrogens with zero attached hydrogens (tertiary/aromatic N) is 2. The average Bonchev–Trinajstić information content (AvgIpc) is 3.31. The van der Waals surface area contributed by atoms with Crippen LogP contribution in [0.2, 0.25) is 0 Å². The zero-order valence-electron chi connectivity index (χ0n) is 17.3. The van der Waals surface area contributed by atoms with E-state index >= 15 is 0 Å². The van der Waals surface area contributed by atoms with Gasteiger partial charge in [-0.3, -0.25) is 14.5 Å². The highest BCUT2D eigenvalue weighted by molar-refractivity contribution is 7.17. The third-order valence-electron chi connectivity index (χ3n) is 5.11. The topological polar surface area (TPSA) is 96.8 Å². The van der Waals surface area contributed by atoms with E-state index in [4.69, 9.17) is 4.74 Å². The van der Waals surface area contributed by atoms with Gasteiger partial charge in [0.15, 0.2) is 5.13 Å². The van der Waals surface area contributed by atoms with Crippen LogP contribution in [0, 0.1) is 18.6 Å². The van der Waals surface area contributed by atoms with Gasteiger partial charge in [-0.05, 0) is 48.9 Å². The van der Waals surface area contributed by atoms with Crippen LogP contribution in [-0.2, 0) is 14.3 Å². The van der Waals surface area contributed by atoms with E-state index in [1.165, 1.54) is 31.4 Å². The van der Waals surface area contributed by atoms with Crippen molar-refractivity contribution in [1.82, 2.24) is 4.98 Å². The number of benzene rings is 2. The lowest BCUT2D eigenvalue weighted by molar-refractivity contribution is -0.132. The average molecular weight is 470 g/mol. The Morgan fingerprint density at radius 1 is 1.06 bits per heavy atom. The van der Waals surface area contributed by atoms with Crippen LogP contribution in [0.4, 0.5) is 13.9 Å². The number of halogens is 2. The molecule has 10 heteroatoms. The summed E-state index contributed by atoms with van der Waals surface area (Å²) in [5.74, 6) is -4.25. The Morgan fingerprint density at radius 2 is 1.64 bits per heavy atom. The lowest BCUT2D eigenvalue weighted by Gasteiger charge is -2.23. The monoisotopic (exact) mass is 470 g/mol. The van der Waals surface area contributed by atoms with E-state index in [0.717, 1.165) is 40.5 Å². The fourth-order valence-corrected chi connectivity index (χ4v) is 4.53. The van der Waals surface area contributed by atoms with Gasteiger partial charge in [0, 0.05) is 5.56 Å². The number of carbonyl (C=O) groups excluding carboxylic acids is 3. The molecule has 3 aromatic rings. The van der Waals surface area contributed by atoms with E-state index in [1.54, 1.807) is 6.92 Å². The minimum Gasteiger partial charge on any atom is -0.507 e. The molecule has 4 rings (SSSR count). The van der Waals surface area contributed by atoms with Crippen LogP contribution in [0.3, 0.4) is 0 Å². The van der Waals surface area contributed by atoms with Crippen molar-refractivity contribution in [3.05, 3.63) is 87.4 Å². The van der Waals surface area contributed by atoms with Gasteiger partial charge in [0.1, 0.15) is 22.3 Å². The maximum atomic E-state index is 13.6. The Labute approximate surface area is 190 Å². The molecule has 0 radical (unpaired) electrons. The van der Waals surface area contributed by atoms with Gasteiger partial charge >= 0.3 is 11.9 Å². The molecular formula is C23H16F2N2O5S. The molecule has 1 N–H and O–H groups in total. The lowest BCUT2D eigenvalue weighted by Crippen LogP contribution is -2.29. The van der Waals surface area contributed by atoms with Crippen LogP contribution in [0.5, 0.6) is 0 Å². The van der Waals surface area contributed by atoms with Crippen LogP contribution < -0.4 is 4.90 Å². The van der Waals surface area contributed by atoms with Crippen LogP contribution in [0.15, 0.2) is 54.1 Å². The maximum Gasteiger partial charge on any atom is 0.350 e. The predicted octanol–water partition coefficient (Wildman–Crippen LogP) is 4.14. The van der Waals surface area contributed by atoms with Gasteiger partial charge in [-0.2, -0.15) is 0 Å². The number of rotatable bonds is 4. The van der Waals surface area contributed by atoms with Crippen LogP contribution in [0.25, 0.3) is 5.76 Å². The molecule has 0 spiro atoms. The third-order valence-corrected chi connectivity index (χ3v) is 6.25. The summed E-state index contributed by atoms with van der Waals surface area (Å²) < 4.78 is 31.7. The SMILES string of the molecule is COC(=O)c1sc(N2C(=O)C(=O)/C(=C(/O)c3ccc(F)cc3)[C@H]2c2ccc(F)cc2)nc1C. The molecule has 7 nitrogen and oxygen atoms in total. The standard InChI is InChI=1S/C23H16F2N2O5S/c1-11-20(22(31)32-2)33-23(26-11)27-17(12-3-7-14(24)8-4-12)16(19(29)21(27)30)18(28)13-5-9-15(25)10-6-13/h3-10,17,28H,1-2H3/b18-16+/t17-/m1/s1. The number of methoxy groups -OCH3 is 1. The number of hydrogen-bond acceptors (Lipinski definition) is 7. The van der Waals surface area contributed by atoms with E-state index in [0.29, 0.717) is 11.3 Å². The second kappa shape index (κ2) is 8.55. The molecule has 0 unspecified atom stereocenters. The number of Topliss-reactive ketones (excluding diaryl/α,β-unsaturated/α-hetero) is 1. The predicted molar refractivity (Wildman–Crippen MR) is 116 cm³/mol. The summed E-state index contributed by atoms with van der Waals surface area (Å²) in [5.41, 5.74) is 0.463. The Hall–Kier alpha value is -3.92. The minimum atomic E-state index is -1.16. The molecule has 1 saturated heterocycles. The van der Waals surface area contributed by atoms with Crippen molar-refractivity contribution in [2.24, 2.45) is 0 Å². The van der Waals surface area contributed by atoms with Gasteiger partial charge in [0.2, 0.25) is 0 Å². The van der Waals surface area contributed by atoms with Gasteiger partial charge in [-0.25, -0.2) is 18.6 Å². The second-order valence-corrected chi connectivity index (χ2v) is 8.11. The van der Waals surface area contributed by atoms with E-state index in [2.05, 4.69) is 4.98 Å². The quantitative estimate of drug-likeness (QED) is 0.266. The number of anilines is 1. The van der Waals surface area contributed by atoms with Gasteiger partial charge in [0.05, 0.1) is 24.4 Å². The number of ketones is 1. The number of hydrogen-bond donors (Lipinski definition) is 1. The number of amides is 1.